The first kappa shape index (κ1) is 16.5. The van der Waals surface area contributed by atoms with E-state index in [2.05, 4.69) is 10.4 Å². The van der Waals surface area contributed by atoms with Gasteiger partial charge in [0.05, 0.1) is 23.5 Å². The van der Waals surface area contributed by atoms with Crippen molar-refractivity contribution in [1.82, 2.24) is 15.1 Å². The lowest BCUT2D eigenvalue weighted by molar-refractivity contribution is -0.148. The van der Waals surface area contributed by atoms with E-state index in [1.54, 1.807) is 0 Å². The molecule has 24 heavy (non-hydrogen) atoms. The zero-order valence-electron chi connectivity index (χ0n) is 13.6. The number of hydrogen-bond acceptors (Lipinski definition) is 3. The van der Waals surface area contributed by atoms with E-state index in [1.165, 1.54) is 0 Å². The Kier molecular flexibility index (Phi) is 5.13. The van der Waals surface area contributed by atoms with Crippen LogP contribution < -0.4 is 5.32 Å². The first-order chi connectivity index (χ1) is 11.7. The average Bonchev–Trinajstić information content (AvgIpc) is 3.01. The van der Waals surface area contributed by atoms with Gasteiger partial charge >= 0.3 is 5.97 Å². The Morgan fingerprint density at radius 2 is 1.96 bits per heavy atom. The Labute approximate surface area is 140 Å². The lowest BCUT2D eigenvalue weighted by Crippen LogP contribution is -2.40. The van der Waals surface area contributed by atoms with Crippen molar-refractivity contribution < 1.29 is 14.7 Å². The van der Waals surface area contributed by atoms with Crippen LogP contribution in [0.2, 0.25) is 0 Å². The number of carbonyl (C=O) groups excluding carboxylic acids is 1. The lowest BCUT2D eigenvalue weighted by atomic mass is 9.79. The monoisotopic (exact) mass is 329 g/mol. The number of carbonyl (C=O) groups is 2. The summed E-state index contributed by atoms with van der Waals surface area (Å²) in [5, 5.41) is 17.6. The standard InChI is InChI=1S/C18H23N3O3/c22-17(14-7-2-3-8-15(14)18(23)24)19-10-5-11-21-16-9-4-1-6-13(16)12-20-21/h1,4,6,9,12,14-15H,2-3,5,7-8,10-11H2,(H,19,22)(H,23,24)/t14-,15+/m1/s1. The van der Waals surface area contributed by atoms with Crippen LogP contribution >= 0.6 is 0 Å². The summed E-state index contributed by atoms with van der Waals surface area (Å²) in [5.41, 5.74) is 1.09. The zero-order valence-corrected chi connectivity index (χ0v) is 13.6. The van der Waals surface area contributed by atoms with Crippen molar-refractivity contribution in [2.75, 3.05) is 6.54 Å². The van der Waals surface area contributed by atoms with Crippen LogP contribution in [0.25, 0.3) is 10.9 Å². The van der Waals surface area contributed by atoms with Crippen LogP contribution in [-0.4, -0.2) is 33.3 Å². The second-order valence-corrected chi connectivity index (χ2v) is 6.41. The van der Waals surface area contributed by atoms with E-state index >= 15 is 0 Å². The molecule has 2 aromatic rings. The van der Waals surface area contributed by atoms with E-state index < -0.39 is 11.9 Å². The third-order valence-electron chi connectivity index (χ3n) is 4.82. The first-order valence-corrected chi connectivity index (χ1v) is 8.58. The summed E-state index contributed by atoms with van der Waals surface area (Å²) in [6.45, 7) is 1.26. The molecular weight excluding hydrogens is 306 g/mol. The van der Waals surface area contributed by atoms with E-state index in [-0.39, 0.29) is 11.8 Å². The summed E-state index contributed by atoms with van der Waals surface area (Å²) in [7, 11) is 0. The normalized spacial score (nSPS) is 20.8. The van der Waals surface area contributed by atoms with Crippen LogP contribution in [0.1, 0.15) is 32.1 Å². The molecule has 1 saturated carbocycles. The number of rotatable bonds is 6. The summed E-state index contributed by atoms with van der Waals surface area (Å²) < 4.78 is 1.93. The number of carboxylic acids is 1. The third kappa shape index (κ3) is 3.58. The van der Waals surface area contributed by atoms with Gasteiger partial charge in [0.1, 0.15) is 0 Å². The van der Waals surface area contributed by atoms with Gasteiger partial charge in [0, 0.05) is 18.5 Å². The maximum atomic E-state index is 12.3. The highest BCUT2D eigenvalue weighted by Gasteiger charge is 2.35. The van der Waals surface area contributed by atoms with E-state index in [9.17, 15) is 14.7 Å². The fraction of sp³-hybridized carbons (Fsp3) is 0.500. The number of amides is 1. The Bertz CT molecular complexity index is 725. The average molecular weight is 329 g/mol. The highest BCUT2D eigenvalue weighted by Crippen LogP contribution is 2.30. The molecule has 6 heteroatoms. The van der Waals surface area contributed by atoms with Crippen molar-refractivity contribution in [2.24, 2.45) is 11.8 Å². The van der Waals surface area contributed by atoms with Gasteiger partial charge in [-0.15, -0.1) is 0 Å². The highest BCUT2D eigenvalue weighted by molar-refractivity contribution is 5.84. The van der Waals surface area contributed by atoms with Gasteiger partial charge < -0.3 is 10.4 Å². The molecule has 2 N–H and O–H groups in total. The maximum Gasteiger partial charge on any atom is 0.307 e. The van der Waals surface area contributed by atoms with Crippen LogP contribution in [0.3, 0.4) is 0 Å². The van der Waals surface area contributed by atoms with E-state index in [4.69, 9.17) is 0 Å². The molecule has 1 aliphatic carbocycles. The van der Waals surface area contributed by atoms with E-state index in [1.807, 2.05) is 35.1 Å². The lowest BCUT2D eigenvalue weighted by Gasteiger charge is -2.27. The molecule has 0 radical (unpaired) electrons. The number of aromatic nitrogens is 2. The summed E-state index contributed by atoms with van der Waals surface area (Å²) >= 11 is 0. The summed E-state index contributed by atoms with van der Waals surface area (Å²) in [6, 6.07) is 8.02. The molecule has 2 atom stereocenters. The third-order valence-corrected chi connectivity index (χ3v) is 4.82. The number of hydrogen-bond donors (Lipinski definition) is 2. The number of carboxylic acid groups (broad SMARTS) is 1. The van der Waals surface area contributed by atoms with Crippen molar-refractivity contribution in [1.29, 1.82) is 0 Å². The molecule has 0 unspecified atom stereocenters. The Hall–Kier alpha value is -2.37. The van der Waals surface area contributed by atoms with Gasteiger partial charge in [0.25, 0.3) is 0 Å². The van der Waals surface area contributed by atoms with Crippen molar-refractivity contribution in [3.8, 4) is 0 Å². The van der Waals surface area contributed by atoms with Crippen molar-refractivity contribution in [3.63, 3.8) is 0 Å². The van der Waals surface area contributed by atoms with Crippen LogP contribution in [0.5, 0.6) is 0 Å². The van der Waals surface area contributed by atoms with Crippen LogP contribution in [-0.2, 0) is 16.1 Å². The minimum atomic E-state index is -0.849. The molecule has 1 fully saturated rings. The fourth-order valence-electron chi connectivity index (χ4n) is 3.52. The Balaban J connectivity index is 1.49. The molecular formula is C18H23N3O3. The minimum absolute atomic E-state index is 0.118. The van der Waals surface area contributed by atoms with Crippen LogP contribution in [0.4, 0.5) is 0 Å². The van der Waals surface area contributed by atoms with Crippen molar-refractivity contribution in [2.45, 2.75) is 38.6 Å². The van der Waals surface area contributed by atoms with Gasteiger partial charge in [-0.3, -0.25) is 14.3 Å². The molecule has 1 amide bonds. The maximum absolute atomic E-state index is 12.3. The molecule has 0 spiro atoms. The molecule has 128 valence electrons. The molecule has 6 nitrogen and oxygen atoms in total. The quantitative estimate of drug-likeness (QED) is 0.797. The van der Waals surface area contributed by atoms with Gasteiger partial charge in [-0.25, -0.2) is 0 Å². The topological polar surface area (TPSA) is 84.2 Å². The van der Waals surface area contributed by atoms with Crippen LogP contribution in [0, 0.1) is 11.8 Å². The number of nitrogens with one attached hydrogen (secondary N) is 1. The smallest absolute Gasteiger partial charge is 0.307 e. The zero-order chi connectivity index (χ0) is 16.9. The molecule has 0 bridgehead atoms. The molecule has 1 aliphatic rings. The molecule has 3 rings (SSSR count). The minimum Gasteiger partial charge on any atom is -0.481 e. The second kappa shape index (κ2) is 7.47. The van der Waals surface area contributed by atoms with Gasteiger partial charge in [0.15, 0.2) is 0 Å². The number of aliphatic carboxylic acids is 1. The van der Waals surface area contributed by atoms with Gasteiger partial charge in [-0.05, 0) is 25.3 Å². The Morgan fingerprint density at radius 3 is 2.75 bits per heavy atom. The number of fused-ring (bicyclic) bond motifs is 1. The summed E-state index contributed by atoms with van der Waals surface area (Å²) in [6.07, 6.45) is 5.71. The van der Waals surface area contributed by atoms with Gasteiger partial charge in [0.2, 0.25) is 5.91 Å². The second-order valence-electron chi connectivity index (χ2n) is 6.41. The molecule has 1 heterocycles. The van der Waals surface area contributed by atoms with Crippen molar-refractivity contribution >= 4 is 22.8 Å². The van der Waals surface area contributed by atoms with Crippen LogP contribution in [0.15, 0.2) is 30.5 Å². The first-order valence-electron chi connectivity index (χ1n) is 8.58. The molecule has 0 saturated heterocycles. The van der Waals surface area contributed by atoms with Gasteiger partial charge in [-0.2, -0.15) is 5.10 Å². The predicted molar refractivity (Wildman–Crippen MR) is 90.4 cm³/mol. The summed E-state index contributed by atoms with van der Waals surface area (Å²) in [4.78, 5) is 23.6. The number of aryl methyl sites for hydroxylation is 1. The van der Waals surface area contributed by atoms with E-state index in [0.717, 1.165) is 36.7 Å². The van der Waals surface area contributed by atoms with Crippen molar-refractivity contribution in [3.05, 3.63) is 30.5 Å². The highest BCUT2D eigenvalue weighted by atomic mass is 16.4. The largest absolute Gasteiger partial charge is 0.481 e. The predicted octanol–water partition coefficient (Wildman–Crippen LogP) is 2.43. The summed E-state index contributed by atoms with van der Waals surface area (Å²) in [5.74, 6) is -1.89. The van der Waals surface area contributed by atoms with Gasteiger partial charge in [-0.1, -0.05) is 31.0 Å². The number of nitrogens with zero attached hydrogens (tertiary/aromatic N) is 2. The van der Waals surface area contributed by atoms with E-state index in [0.29, 0.717) is 19.4 Å². The molecule has 1 aromatic heterocycles. The number of para-hydroxylation sites is 1. The molecule has 1 aromatic carbocycles. The SMILES string of the molecule is O=C(O)[C@H]1CCCC[C@H]1C(=O)NCCCn1ncc2ccccc21. The fourth-order valence-corrected chi connectivity index (χ4v) is 3.52. The molecule has 0 aliphatic heterocycles. The number of benzene rings is 1. The Morgan fingerprint density at radius 1 is 1.21 bits per heavy atom.